The van der Waals surface area contributed by atoms with Crippen LogP contribution in [0.15, 0.2) is 53.4 Å². The molecule has 1 aliphatic rings. The van der Waals surface area contributed by atoms with E-state index in [0.717, 1.165) is 41.7 Å². The Bertz CT molecular complexity index is 1240. The normalized spacial score (nSPS) is 14.6. The topological polar surface area (TPSA) is 100 Å². The van der Waals surface area contributed by atoms with Crippen LogP contribution in [0.3, 0.4) is 0 Å². The van der Waals surface area contributed by atoms with E-state index in [9.17, 15) is 14.0 Å². The second kappa shape index (κ2) is 10.3. The van der Waals surface area contributed by atoms with Gasteiger partial charge in [-0.3, -0.25) is 14.6 Å². The highest BCUT2D eigenvalue weighted by Crippen LogP contribution is 2.22. The van der Waals surface area contributed by atoms with Crippen LogP contribution < -0.4 is 15.6 Å². The van der Waals surface area contributed by atoms with Crippen molar-refractivity contribution < 1.29 is 13.9 Å². The van der Waals surface area contributed by atoms with E-state index in [4.69, 9.17) is 4.74 Å². The number of ether oxygens (including phenoxy) is 1. The van der Waals surface area contributed by atoms with E-state index < -0.39 is 10.1 Å². The zero-order valence-electron chi connectivity index (χ0n) is 18.0. The summed E-state index contributed by atoms with van der Waals surface area (Å²) >= 11 is 1.60. The molecular formula is C23H23FIN5O3. The molecule has 0 spiro atoms. The summed E-state index contributed by atoms with van der Waals surface area (Å²) in [5.74, 6) is 0.893. The number of fused-ring (bicyclic) bond motifs is 1. The number of carbonyl (C=O) groups excluding carboxylic acids is 1. The summed E-state index contributed by atoms with van der Waals surface area (Å²) in [4.78, 5) is 37.5. The van der Waals surface area contributed by atoms with E-state index in [2.05, 4.69) is 25.2 Å². The predicted molar refractivity (Wildman–Crippen MR) is 131 cm³/mol. The van der Waals surface area contributed by atoms with Gasteiger partial charge in [-0.15, -0.1) is 0 Å². The molecule has 172 valence electrons. The molecule has 1 atom stereocenters. The Labute approximate surface area is 203 Å². The lowest BCUT2D eigenvalue weighted by molar-refractivity contribution is 0.0944. The minimum atomic E-state index is -1.15. The number of carbonyl (C=O) groups is 1. The van der Waals surface area contributed by atoms with Gasteiger partial charge in [0.15, 0.2) is 4.18 Å². The highest BCUT2D eigenvalue weighted by molar-refractivity contribution is 14.1. The minimum Gasteiger partial charge on any atom is -0.459 e. The Kier molecular flexibility index (Phi) is 7.21. The van der Waals surface area contributed by atoms with Crippen LogP contribution >= 0.6 is 22.6 Å². The molecule has 0 fully saturated rings. The summed E-state index contributed by atoms with van der Waals surface area (Å²) in [6, 6.07) is 6.96. The number of pyridine rings is 3. The number of aromatic nitrogens is 3. The number of halogens is 2. The first kappa shape index (κ1) is 23.1. The molecule has 1 unspecified atom stereocenters. The summed E-state index contributed by atoms with van der Waals surface area (Å²) in [5, 5.41) is 2.48. The lowest BCUT2D eigenvalue weighted by atomic mass is 10.1. The van der Waals surface area contributed by atoms with Crippen LogP contribution in [0.1, 0.15) is 34.5 Å². The highest BCUT2D eigenvalue weighted by Gasteiger charge is 2.15. The second-order valence-corrected chi connectivity index (χ2v) is 9.16. The molecule has 1 aliphatic heterocycles. The summed E-state index contributed by atoms with van der Waals surface area (Å²) < 4.78 is 17.7. The van der Waals surface area contributed by atoms with Gasteiger partial charge in [0.25, 0.3) is 11.5 Å². The number of aryl methyl sites for hydroxylation is 1. The van der Waals surface area contributed by atoms with Gasteiger partial charge in [0.2, 0.25) is 0 Å². The highest BCUT2D eigenvalue weighted by atomic mass is 127. The van der Waals surface area contributed by atoms with Crippen LogP contribution in [0, 0.1) is 6.92 Å². The summed E-state index contributed by atoms with van der Waals surface area (Å²) in [7, 11) is 0. The molecule has 4 heterocycles. The molecule has 0 aliphatic carbocycles. The van der Waals surface area contributed by atoms with Crippen molar-refractivity contribution in [3.8, 4) is 5.75 Å². The smallest absolute Gasteiger partial charge is 0.270 e. The molecular weight excluding hydrogens is 540 g/mol. The lowest BCUT2D eigenvalue weighted by Crippen LogP contribution is -2.28. The van der Waals surface area contributed by atoms with Gasteiger partial charge in [0.05, 0.1) is 23.8 Å². The van der Waals surface area contributed by atoms with Crippen molar-refractivity contribution in [3.05, 3.63) is 75.8 Å². The zero-order valence-corrected chi connectivity index (χ0v) is 20.1. The summed E-state index contributed by atoms with van der Waals surface area (Å²) in [6.45, 7) is 3.21. The fourth-order valence-corrected chi connectivity index (χ4v) is 3.74. The molecule has 1 amide bonds. The number of allylic oxidation sites excluding steroid dienone is 1. The van der Waals surface area contributed by atoms with Crippen LogP contribution in [-0.4, -0.2) is 43.0 Å². The first-order valence-electron chi connectivity index (χ1n) is 10.5. The van der Waals surface area contributed by atoms with Gasteiger partial charge in [-0.1, -0.05) is 0 Å². The van der Waals surface area contributed by atoms with Gasteiger partial charge in [-0.2, -0.15) is 0 Å². The Hall–Kier alpha value is -3.02. The van der Waals surface area contributed by atoms with Crippen molar-refractivity contribution >= 4 is 39.5 Å². The monoisotopic (exact) mass is 563 g/mol. The third-order valence-corrected chi connectivity index (χ3v) is 5.59. The van der Waals surface area contributed by atoms with Crippen molar-refractivity contribution in [1.82, 2.24) is 25.2 Å². The number of aromatic amines is 1. The standard InChI is InChI=1S/C23H23FIN5O3/c1-14-7-19-20(29-22(14)31)8-15(9-26-19)12-30-6-2-3-17(13-30)33-16-4-5-18(27-10-16)23(32)28-11-21(24)25/h4-5,7-10,13,21H,2-3,6,11-12H2,1H3,(H,28,32)(H,29,31). The van der Waals surface area contributed by atoms with Crippen molar-refractivity contribution in [1.29, 1.82) is 0 Å². The van der Waals surface area contributed by atoms with E-state index in [-0.39, 0.29) is 17.8 Å². The Morgan fingerprint density at radius 3 is 2.94 bits per heavy atom. The van der Waals surface area contributed by atoms with Gasteiger partial charge in [-0.05, 0) is 65.8 Å². The zero-order chi connectivity index (χ0) is 23.4. The molecule has 0 radical (unpaired) electrons. The lowest BCUT2D eigenvalue weighted by Gasteiger charge is -2.26. The van der Waals surface area contributed by atoms with Gasteiger partial charge >= 0.3 is 0 Å². The van der Waals surface area contributed by atoms with Gasteiger partial charge in [0.1, 0.15) is 17.2 Å². The SMILES string of the molecule is Cc1cc2ncc(CN3C=C(Oc4ccc(C(=O)NCC(F)I)nc4)CCC3)cc2[nH]c1=O. The molecule has 3 aromatic heterocycles. The molecule has 4 rings (SSSR count). The van der Waals surface area contributed by atoms with Gasteiger partial charge < -0.3 is 19.9 Å². The van der Waals surface area contributed by atoms with Crippen molar-refractivity contribution in [2.45, 2.75) is 30.5 Å². The minimum absolute atomic E-state index is 0.0650. The van der Waals surface area contributed by atoms with Crippen molar-refractivity contribution in [3.63, 3.8) is 0 Å². The van der Waals surface area contributed by atoms with Crippen LogP contribution in [0.5, 0.6) is 5.75 Å². The van der Waals surface area contributed by atoms with E-state index in [1.54, 1.807) is 47.7 Å². The first-order valence-corrected chi connectivity index (χ1v) is 11.8. The molecule has 3 aromatic rings. The van der Waals surface area contributed by atoms with Crippen molar-refractivity contribution in [2.24, 2.45) is 0 Å². The first-order chi connectivity index (χ1) is 15.9. The summed E-state index contributed by atoms with van der Waals surface area (Å²) in [6.07, 6.45) is 6.98. The summed E-state index contributed by atoms with van der Waals surface area (Å²) in [5.41, 5.74) is 3.20. The van der Waals surface area contributed by atoms with E-state index in [1.807, 2.05) is 18.5 Å². The number of hydrogen-bond donors (Lipinski definition) is 2. The quantitative estimate of drug-likeness (QED) is 0.337. The second-order valence-electron chi connectivity index (χ2n) is 7.81. The number of nitrogens with one attached hydrogen (secondary N) is 2. The van der Waals surface area contributed by atoms with Gasteiger partial charge in [0, 0.05) is 37.5 Å². The van der Waals surface area contributed by atoms with Crippen LogP contribution in [-0.2, 0) is 6.54 Å². The number of H-pyrrole nitrogens is 1. The molecule has 0 saturated carbocycles. The molecule has 0 aromatic carbocycles. The van der Waals surface area contributed by atoms with Crippen molar-refractivity contribution in [2.75, 3.05) is 13.1 Å². The number of alkyl halides is 2. The van der Waals surface area contributed by atoms with Gasteiger partial charge in [-0.25, -0.2) is 9.37 Å². The molecule has 2 N–H and O–H groups in total. The number of amides is 1. The maximum atomic E-state index is 12.9. The Balaban J connectivity index is 1.41. The largest absolute Gasteiger partial charge is 0.459 e. The number of hydrogen-bond acceptors (Lipinski definition) is 6. The third kappa shape index (κ3) is 6.06. The van der Waals surface area contributed by atoms with E-state index in [1.165, 1.54) is 6.20 Å². The third-order valence-electron chi connectivity index (χ3n) is 5.15. The fraction of sp³-hybridized carbons (Fsp3) is 0.304. The fourth-order valence-electron chi connectivity index (χ4n) is 3.52. The molecule has 0 saturated heterocycles. The van der Waals surface area contributed by atoms with E-state index >= 15 is 0 Å². The van der Waals surface area contributed by atoms with Crippen LogP contribution in [0.4, 0.5) is 4.39 Å². The molecule has 8 nitrogen and oxygen atoms in total. The average Bonchev–Trinajstić information content (AvgIpc) is 2.79. The maximum absolute atomic E-state index is 12.9. The predicted octanol–water partition coefficient (Wildman–Crippen LogP) is 3.60. The van der Waals surface area contributed by atoms with E-state index in [0.29, 0.717) is 17.9 Å². The molecule has 0 bridgehead atoms. The number of nitrogens with zero attached hydrogens (tertiary/aromatic N) is 3. The molecule has 10 heteroatoms. The van der Waals surface area contributed by atoms with Crippen LogP contribution in [0.25, 0.3) is 11.0 Å². The maximum Gasteiger partial charge on any atom is 0.270 e. The van der Waals surface area contributed by atoms with Crippen LogP contribution in [0.2, 0.25) is 0 Å². The average molecular weight is 563 g/mol. The number of rotatable bonds is 7. The Morgan fingerprint density at radius 1 is 1.33 bits per heavy atom. The Morgan fingerprint density at radius 2 is 2.18 bits per heavy atom. The molecule has 33 heavy (non-hydrogen) atoms.